The van der Waals surface area contributed by atoms with Crippen LogP contribution in [0.15, 0.2) is 0 Å². The number of carbonyl (C=O) groups is 1. The first-order valence-electron chi connectivity index (χ1n) is 4.88. The fourth-order valence-electron chi connectivity index (χ4n) is 0.737. The van der Waals surface area contributed by atoms with E-state index < -0.39 is 3.61 Å². The van der Waals surface area contributed by atoms with Crippen molar-refractivity contribution in [1.29, 1.82) is 0 Å². The van der Waals surface area contributed by atoms with Gasteiger partial charge in [-0.1, -0.05) is 20.8 Å². The van der Waals surface area contributed by atoms with Crippen molar-refractivity contribution in [2.45, 2.75) is 38.2 Å². The molecule has 1 unspecified atom stereocenters. The molecule has 0 radical (unpaired) electrons. The standard InChI is InChI=1S/C10H20INO2/c1-7(2)8(3)6-12-9(13)14-10(4,5)11/h7-8H,6H2,1-5H3,(H,12,13). The van der Waals surface area contributed by atoms with Gasteiger partial charge in [-0.15, -0.1) is 0 Å². The van der Waals surface area contributed by atoms with E-state index in [0.717, 1.165) is 0 Å². The highest BCUT2D eigenvalue weighted by Crippen LogP contribution is 2.18. The van der Waals surface area contributed by atoms with Crippen LogP contribution in [-0.4, -0.2) is 16.2 Å². The van der Waals surface area contributed by atoms with E-state index >= 15 is 0 Å². The summed E-state index contributed by atoms with van der Waals surface area (Å²) in [4.78, 5) is 11.2. The van der Waals surface area contributed by atoms with Crippen molar-refractivity contribution in [3.8, 4) is 0 Å². The lowest BCUT2D eigenvalue weighted by Gasteiger charge is -2.20. The molecular formula is C10H20INO2. The van der Waals surface area contributed by atoms with Gasteiger partial charge in [-0.05, 0) is 48.3 Å². The smallest absolute Gasteiger partial charge is 0.408 e. The first-order chi connectivity index (χ1) is 6.22. The van der Waals surface area contributed by atoms with Crippen LogP contribution in [0.3, 0.4) is 0 Å². The minimum absolute atomic E-state index is 0.336. The molecule has 1 N–H and O–H groups in total. The van der Waals surface area contributed by atoms with Crippen LogP contribution in [0.5, 0.6) is 0 Å². The average molecular weight is 313 g/mol. The van der Waals surface area contributed by atoms with Crippen molar-refractivity contribution in [3.05, 3.63) is 0 Å². The summed E-state index contributed by atoms with van der Waals surface area (Å²) in [5, 5.41) is 2.75. The maximum Gasteiger partial charge on any atom is 0.408 e. The minimum Gasteiger partial charge on any atom is -0.433 e. The number of alkyl carbamates (subject to hydrolysis) is 1. The predicted molar refractivity (Wildman–Crippen MR) is 66.6 cm³/mol. The van der Waals surface area contributed by atoms with Crippen LogP contribution in [0, 0.1) is 11.8 Å². The molecule has 0 saturated heterocycles. The van der Waals surface area contributed by atoms with Gasteiger partial charge in [-0.25, -0.2) is 4.79 Å². The summed E-state index contributed by atoms with van der Waals surface area (Å²) in [5.74, 6) is 1.04. The summed E-state index contributed by atoms with van der Waals surface area (Å²) in [6.45, 7) is 10.8. The van der Waals surface area contributed by atoms with Crippen LogP contribution in [0.4, 0.5) is 4.79 Å². The van der Waals surface area contributed by atoms with Gasteiger partial charge in [0.2, 0.25) is 0 Å². The lowest BCUT2D eigenvalue weighted by Crippen LogP contribution is -2.34. The molecule has 0 aliphatic rings. The van der Waals surface area contributed by atoms with E-state index in [4.69, 9.17) is 4.74 Å². The Morgan fingerprint density at radius 2 is 1.93 bits per heavy atom. The first kappa shape index (κ1) is 14.0. The highest BCUT2D eigenvalue weighted by molar-refractivity contribution is 14.1. The Morgan fingerprint density at radius 1 is 1.43 bits per heavy atom. The Morgan fingerprint density at radius 3 is 2.29 bits per heavy atom. The lowest BCUT2D eigenvalue weighted by molar-refractivity contribution is 0.105. The molecule has 3 nitrogen and oxygen atoms in total. The molecule has 84 valence electrons. The highest BCUT2D eigenvalue weighted by Gasteiger charge is 2.18. The van der Waals surface area contributed by atoms with Crippen LogP contribution >= 0.6 is 22.6 Å². The molecule has 1 atom stereocenters. The van der Waals surface area contributed by atoms with Gasteiger partial charge in [0.15, 0.2) is 3.61 Å². The van der Waals surface area contributed by atoms with Crippen molar-refractivity contribution in [2.24, 2.45) is 11.8 Å². The fraction of sp³-hybridized carbons (Fsp3) is 0.900. The summed E-state index contributed by atoms with van der Waals surface area (Å²) in [7, 11) is 0. The molecular weight excluding hydrogens is 293 g/mol. The maximum absolute atomic E-state index is 11.2. The minimum atomic E-state index is -0.442. The fourth-order valence-corrected chi connectivity index (χ4v) is 0.937. The second-order valence-corrected chi connectivity index (χ2v) is 6.95. The molecule has 0 aromatic heterocycles. The lowest BCUT2D eigenvalue weighted by atomic mass is 9.98. The van der Waals surface area contributed by atoms with Gasteiger partial charge in [0.25, 0.3) is 0 Å². The molecule has 0 bridgehead atoms. The van der Waals surface area contributed by atoms with E-state index in [-0.39, 0.29) is 6.09 Å². The highest BCUT2D eigenvalue weighted by atomic mass is 127. The molecule has 0 aliphatic carbocycles. The second kappa shape index (κ2) is 5.78. The van der Waals surface area contributed by atoms with E-state index in [1.807, 2.05) is 13.8 Å². The number of halogens is 1. The molecule has 0 saturated carbocycles. The Kier molecular flexibility index (Phi) is 5.78. The maximum atomic E-state index is 11.2. The molecule has 0 heterocycles. The topological polar surface area (TPSA) is 38.3 Å². The van der Waals surface area contributed by atoms with Gasteiger partial charge in [-0.3, -0.25) is 0 Å². The number of hydrogen-bond acceptors (Lipinski definition) is 2. The number of rotatable bonds is 4. The SMILES string of the molecule is CC(C)C(C)CNC(=O)OC(C)(C)I. The molecule has 14 heavy (non-hydrogen) atoms. The molecule has 0 aliphatic heterocycles. The van der Waals surface area contributed by atoms with E-state index in [1.165, 1.54) is 0 Å². The molecule has 0 fully saturated rings. The zero-order chi connectivity index (χ0) is 11.4. The summed E-state index contributed by atoms with van der Waals surface area (Å²) >= 11 is 2.08. The summed E-state index contributed by atoms with van der Waals surface area (Å²) in [5.41, 5.74) is 0. The van der Waals surface area contributed by atoms with Gasteiger partial charge in [0.05, 0.1) is 0 Å². The van der Waals surface area contributed by atoms with Crippen molar-refractivity contribution in [2.75, 3.05) is 6.54 Å². The van der Waals surface area contributed by atoms with Crippen molar-refractivity contribution >= 4 is 28.7 Å². The third-order valence-electron chi connectivity index (χ3n) is 2.04. The van der Waals surface area contributed by atoms with Crippen LogP contribution < -0.4 is 5.32 Å². The summed E-state index contributed by atoms with van der Waals surface area (Å²) in [6, 6.07) is 0. The zero-order valence-corrected chi connectivity index (χ0v) is 11.7. The van der Waals surface area contributed by atoms with Crippen molar-refractivity contribution in [1.82, 2.24) is 5.32 Å². The predicted octanol–water partition coefficient (Wildman–Crippen LogP) is 3.18. The monoisotopic (exact) mass is 313 g/mol. The summed E-state index contributed by atoms with van der Waals surface area (Å²) < 4.78 is 4.66. The van der Waals surface area contributed by atoms with Gasteiger partial charge >= 0.3 is 6.09 Å². The molecule has 4 heteroatoms. The Labute approximate surface area is 100 Å². The van der Waals surface area contributed by atoms with E-state index in [9.17, 15) is 4.79 Å². The second-order valence-electron chi connectivity index (χ2n) is 4.36. The first-order valence-corrected chi connectivity index (χ1v) is 5.96. The molecule has 0 spiro atoms. The third-order valence-corrected chi connectivity index (χ3v) is 2.26. The number of alkyl halides is 1. The third kappa shape index (κ3) is 7.41. The Balaban J connectivity index is 3.75. The molecule has 0 aromatic rings. The largest absolute Gasteiger partial charge is 0.433 e. The van der Waals surface area contributed by atoms with E-state index in [2.05, 4.69) is 48.7 Å². The number of amides is 1. The Bertz CT molecular complexity index is 187. The van der Waals surface area contributed by atoms with E-state index in [0.29, 0.717) is 18.4 Å². The normalized spacial score (nSPS) is 13.9. The quantitative estimate of drug-likeness (QED) is 0.639. The van der Waals surface area contributed by atoms with Crippen LogP contribution in [0.25, 0.3) is 0 Å². The van der Waals surface area contributed by atoms with Crippen LogP contribution in [0.2, 0.25) is 0 Å². The van der Waals surface area contributed by atoms with Crippen molar-refractivity contribution < 1.29 is 9.53 Å². The number of carbonyl (C=O) groups excluding carboxylic acids is 1. The number of ether oxygens (including phenoxy) is 1. The van der Waals surface area contributed by atoms with Gasteiger partial charge in [-0.2, -0.15) is 0 Å². The zero-order valence-electron chi connectivity index (χ0n) is 9.56. The average Bonchev–Trinajstić information content (AvgIpc) is 1.96. The van der Waals surface area contributed by atoms with Crippen LogP contribution in [0.1, 0.15) is 34.6 Å². The Hall–Kier alpha value is 0. The number of nitrogens with one attached hydrogen (secondary N) is 1. The summed E-state index contributed by atoms with van der Waals surface area (Å²) in [6.07, 6.45) is -0.336. The van der Waals surface area contributed by atoms with Crippen LogP contribution in [-0.2, 0) is 4.74 Å². The molecule has 0 aromatic carbocycles. The van der Waals surface area contributed by atoms with Gasteiger partial charge in [0.1, 0.15) is 0 Å². The van der Waals surface area contributed by atoms with Gasteiger partial charge < -0.3 is 10.1 Å². The van der Waals surface area contributed by atoms with Gasteiger partial charge in [0, 0.05) is 6.54 Å². The molecule has 1 amide bonds. The number of hydrogen-bond donors (Lipinski definition) is 1. The molecule has 0 rings (SSSR count). The van der Waals surface area contributed by atoms with E-state index in [1.54, 1.807) is 0 Å². The van der Waals surface area contributed by atoms with Crippen molar-refractivity contribution in [3.63, 3.8) is 0 Å².